The van der Waals surface area contributed by atoms with E-state index in [-0.39, 0.29) is 36.0 Å². The first-order valence-corrected chi connectivity index (χ1v) is 9.15. The zero-order valence-electron chi connectivity index (χ0n) is 15.7. The van der Waals surface area contributed by atoms with E-state index in [0.717, 1.165) is 24.8 Å². The summed E-state index contributed by atoms with van der Waals surface area (Å²) in [6, 6.07) is 0. The van der Waals surface area contributed by atoms with Crippen molar-refractivity contribution in [2.45, 2.75) is 72.2 Å². The fraction of sp³-hybridized carbons (Fsp3) is 0.700. The fourth-order valence-corrected chi connectivity index (χ4v) is 4.84. The molecule has 3 aliphatic rings. The molecule has 0 aromatic heterocycles. The number of fused-ring (bicyclic) bond motifs is 2. The van der Waals surface area contributed by atoms with Gasteiger partial charge in [-0.2, -0.15) is 0 Å². The Balaban J connectivity index is 1.88. The van der Waals surface area contributed by atoms with E-state index in [2.05, 4.69) is 6.92 Å². The molecule has 5 heteroatoms. The van der Waals surface area contributed by atoms with E-state index in [1.165, 1.54) is 0 Å². The largest absolute Gasteiger partial charge is 0.459 e. The summed E-state index contributed by atoms with van der Waals surface area (Å²) in [5.41, 5.74) is 1.42. The molecule has 1 N–H and O–H groups in total. The van der Waals surface area contributed by atoms with E-state index >= 15 is 0 Å². The number of aliphatic hydroxyl groups is 1. The molecule has 5 nitrogen and oxygen atoms in total. The average molecular weight is 348 g/mol. The first-order chi connectivity index (χ1) is 11.7. The number of carbonyl (C=O) groups is 2. The van der Waals surface area contributed by atoms with Crippen LogP contribution in [0.2, 0.25) is 0 Å². The summed E-state index contributed by atoms with van der Waals surface area (Å²) in [5.74, 6) is -0.380. The summed E-state index contributed by atoms with van der Waals surface area (Å²) < 4.78 is 11.2. The standard InChI is InChI=1S/C20H28O5/c1-6-10(2)18(22)24-14-8-7-13-9-15-16(11(3)19(23)25-15)17(21)20(13,5)12(14)4/h6,12-15,17,21H,7-9H2,1-5H3/b10-6-/t12-,13+,14+,15+,17+,20+/m0/s1. The third-order valence-electron chi connectivity index (χ3n) is 6.95. The van der Waals surface area contributed by atoms with Gasteiger partial charge in [0.05, 0.1) is 6.10 Å². The van der Waals surface area contributed by atoms with Gasteiger partial charge in [0, 0.05) is 28.1 Å². The van der Waals surface area contributed by atoms with Crippen molar-refractivity contribution in [3.05, 3.63) is 22.8 Å². The number of rotatable bonds is 2. The summed E-state index contributed by atoms with van der Waals surface area (Å²) in [6.07, 6.45) is 2.84. The maximum Gasteiger partial charge on any atom is 0.334 e. The van der Waals surface area contributed by atoms with Crippen molar-refractivity contribution < 1.29 is 24.2 Å². The van der Waals surface area contributed by atoms with Crippen molar-refractivity contribution in [2.24, 2.45) is 17.3 Å². The molecular weight excluding hydrogens is 320 g/mol. The number of aliphatic hydroxyl groups excluding tert-OH is 1. The normalized spacial score (nSPS) is 41.1. The molecule has 0 radical (unpaired) electrons. The smallest absolute Gasteiger partial charge is 0.334 e. The van der Waals surface area contributed by atoms with Crippen molar-refractivity contribution >= 4 is 11.9 Å². The van der Waals surface area contributed by atoms with Crippen molar-refractivity contribution in [1.82, 2.24) is 0 Å². The first-order valence-electron chi connectivity index (χ1n) is 9.15. The molecular formula is C20H28O5. The quantitative estimate of drug-likeness (QED) is 0.613. The molecule has 0 aromatic rings. The minimum atomic E-state index is -0.748. The summed E-state index contributed by atoms with van der Waals surface area (Å²) in [6.45, 7) is 9.40. The van der Waals surface area contributed by atoms with Crippen LogP contribution in [0.1, 0.15) is 53.9 Å². The Kier molecular flexibility index (Phi) is 4.56. The van der Waals surface area contributed by atoms with Crippen LogP contribution in [0.3, 0.4) is 0 Å². The Morgan fingerprint density at radius 2 is 2.08 bits per heavy atom. The lowest BCUT2D eigenvalue weighted by Gasteiger charge is -2.55. The summed E-state index contributed by atoms with van der Waals surface area (Å²) >= 11 is 0. The molecule has 0 spiro atoms. The molecule has 138 valence electrons. The predicted molar refractivity (Wildman–Crippen MR) is 92.5 cm³/mol. The highest BCUT2D eigenvalue weighted by molar-refractivity contribution is 5.92. The second-order valence-electron chi connectivity index (χ2n) is 7.96. The lowest BCUT2D eigenvalue weighted by Crippen LogP contribution is -2.57. The third kappa shape index (κ3) is 2.64. The van der Waals surface area contributed by atoms with Gasteiger partial charge in [0.15, 0.2) is 0 Å². The van der Waals surface area contributed by atoms with Crippen molar-refractivity contribution in [2.75, 3.05) is 0 Å². The van der Waals surface area contributed by atoms with E-state index in [0.29, 0.717) is 11.1 Å². The molecule has 1 aliphatic heterocycles. The first kappa shape index (κ1) is 18.2. The van der Waals surface area contributed by atoms with Crippen molar-refractivity contribution in [3.63, 3.8) is 0 Å². The minimum Gasteiger partial charge on any atom is -0.459 e. The second kappa shape index (κ2) is 6.27. The average Bonchev–Trinajstić information content (AvgIpc) is 2.86. The van der Waals surface area contributed by atoms with Crippen LogP contribution in [0.25, 0.3) is 0 Å². The zero-order valence-corrected chi connectivity index (χ0v) is 15.7. The number of ether oxygens (including phenoxy) is 2. The van der Waals surface area contributed by atoms with Crippen LogP contribution < -0.4 is 0 Å². The summed E-state index contributed by atoms with van der Waals surface area (Å²) in [4.78, 5) is 24.1. The van der Waals surface area contributed by atoms with Crippen LogP contribution in [0.5, 0.6) is 0 Å². The van der Waals surface area contributed by atoms with Crippen molar-refractivity contribution in [3.8, 4) is 0 Å². The molecule has 25 heavy (non-hydrogen) atoms. The molecule has 0 bridgehead atoms. The van der Waals surface area contributed by atoms with Gasteiger partial charge in [0.1, 0.15) is 12.2 Å². The second-order valence-corrected chi connectivity index (χ2v) is 7.96. The lowest BCUT2D eigenvalue weighted by atomic mass is 9.52. The zero-order chi connectivity index (χ0) is 18.5. The highest BCUT2D eigenvalue weighted by Gasteiger charge is 2.59. The number of hydrogen-bond acceptors (Lipinski definition) is 5. The van der Waals surface area contributed by atoms with Crippen LogP contribution in [0.4, 0.5) is 0 Å². The maximum absolute atomic E-state index is 12.2. The van der Waals surface area contributed by atoms with E-state index in [1.54, 1.807) is 19.9 Å². The molecule has 2 saturated carbocycles. The Labute approximate surface area is 149 Å². The van der Waals surface area contributed by atoms with E-state index in [9.17, 15) is 14.7 Å². The molecule has 0 aromatic carbocycles. The van der Waals surface area contributed by atoms with Gasteiger partial charge in [0.2, 0.25) is 0 Å². The van der Waals surface area contributed by atoms with Gasteiger partial charge >= 0.3 is 11.9 Å². The van der Waals surface area contributed by atoms with Crippen LogP contribution in [-0.4, -0.2) is 35.4 Å². The predicted octanol–water partition coefficient (Wildman–Crippen LogP) is 2.92. The molecule has 2 fully saturated rings. The monoisotopic (exact) mass is 348 g/mol. The van der Waals surface area contributed by atoms with Crippen molar-refractivity contribution in [1.29, 1.82) is 0 Å². The van der Waals surface area contributed by atoms with Gasteiger partial charge in [-0.25, -0.2) is 9.59 Å². The van der Waals surface area contributed by atoms with Gasteiger partial charge in [-0.05, 0) is 46.0 Å². The Morgan fingerprint density at radius 1 is 1.40 bits per heavy atom. The van der Waals surface area contributed by atoms with Crippen LogP contribution in [0, 0.1) is 17.3 Å². The van der Waals surface area contributed by atoms with E-state index < -0.39 is 11.5 Å². The summed E-state index contributed by atoms with van der Waals surface area (Å²) in [5, 5.41) is 11.2. The highest BCUT2D eigenvalue weighted by atomic mass is 16.6. The SMILES string of the molecule is C/C=C(/C)C(=O)O[C@@H]1CC[C@@H]2C[C@H]3OC(=O)C(C)=C3[C@@H](O)[C@]2(C)[C@H]1C. The number of esters is 2. The molecule has 0 saturated heterocycles. The van der Waals surface area contributed by atoms with Crippen LogP contribution >= 0.6 is 0 Å². The summed E-state index contributed by atoms with van der Waals surface area (Å²) in [7, 11) is 0. The minimum absolute atomic E-state index is 0.00759. The van der Waals surface area contributed by atoms with Crippen LogP contribution in [-0.2, 0) is 19.1 Å². The van der Waals surface area contributed by atoms with Gasteiger partial charge in [0.25, 0.3) is 0 Å². The van der Waals surface area contributed by atoms with Gasteiger partial charge in [-0.1, -0.05) is 19.9 Å². The molecule has 6 atom stereocenters. The topological polar surface area (TPSA) is 72.8 Å². The molecule has 0 amide bonds. The molecule has 1 heterocycles. The molecule has 3 rings (SSSR count). The number of hydrogen-bond donors (Lipinski definition) is 1. The Hall–Kier alpha value is -1.62. The third-order valence-corrected chi connectivity index (χ3v) is 6.95. The Morgan fingerprint density at radius 3 is 2.72 bits per heavy atom. The lowest BCUT2D eigenvalue weighted by molar-refractivity contribution is -0.172. The highest BCUT2D eigenvalue weighted by Crippen LogP contribution is 2.57. The molecule has 0 unspecified atom stereocenters. The maximum atomic E-state index is 12.2. The van der Waals surface area contributed by atoms with Gasteiger partial charge < -0.3 is 14.6 Å². The molecule has 2 aliphatic carbocycles. The number of allylic oxidation sites excluding steroid dienone is 1. The van der Waals surface area contributed by atoms with Gasteiger partial charge in [-0.15, -0.1) is 0 Å². The van der Waals surface area contributed by atoms with E-state index in [4.69, 9.17) is 9.47 Å². The fourth-order valence-electron chi connectivity index (χ4n) is 4.84. The van der Waals surface area contributed by atoms with Gasteiger partial charge in [-0.3, -0.25) is 0 Å². The van der Waals surface area contributed by atoms with Crippen LogP contribution in [0.15, 0.2) is 22.8 Å². The number of carbonyl (C=O) groups excluding carboxylic acids is 2. The Bertz CT molecular complexity index is 661. The van der Waals surface area contributed by atoms with E-state index in [1.807, 2.05) is 13.8 Å².